The van der Waals surface area contributed by atoms with Crippen LogP contribution in [0.15, 0.2) is 24.3 Å². The third-order valence-corrected chi connectivity index (χ3v) is 6.85. The van der Waals surface area contributed by atoms with Gasteiger partial charge in [-0.05, 0) is 50.0 Å². The molecular weight excluding hydrogens is 352 g/mol. The van der Waals surface area contributed by atoms with E-state index in [9.17, 15) is 9.59 Å². The molecule has 3 saturated heterocycles. The Balaban J connectivity index is 1.31. The van der Waals surface area contributed by atoms with Crippen LogP contribution in [0.4, 0.5) is 0 Å². The monoisotopic (exact) mass is 384 g/mol. The number of nitrogens with zero attached hydrogens (tertiary/aromatic N) is 2. The molecule has 4 rings (SSSR count). The maximum absolute atomic E-state index is 12.7. The number of hydrogen-bond donors (Lipinski definition) is 0. The number of rotatable bonds is 4. The van der Waals surface area contributed by atoms with Gasteiger partial charge in [-0.25, -0.2) is 0 Å². The number of benzene rings is 1. The molecule has 28 heavy (non-hydrogen) atoms. The number of carbonyl (C=O) groups excluding carboxylic acids is 2. The van der Waals surface area contributed by atoms with Crippen molar-refractivity contribution in [1.82, 2.24) is 9.80 Å². The number of hydrogen-bond acceptors (Lipinski definition) is 3. The lowest BCUT2D eigenvalue weighted by Gasteiger charge is -2.47. The quantitative estimate of drug-likeness (QED) is 0.802. The predicted octanol–water partition coefficient (Wildman–Crippen LogP) is 2.95. The molecule has 0 saturated carbocycles. The highest BCUT2D eigenvalue weighted by Gasteiger charge is 2.42. The first-order chi connectivity index (χ1) is 13.5. The second kappa shape index (κ2) is 8.24. The lowest BCUT2D eigenvalue weighted by atomic mass is 9.72. The summed E-state index contributed by atoms with van der Waals surface area (Å²) in [6, 6.07) is 8.23. The Kier molecular flexibility index (Phi) is 5.72. The highest BCUT2D eigenvalue weighted by molar-refractivity contribution is 5.79. The number of amides is 2. The van der Waals surface area contributed by atoms with Crippen molar-refractivity contribution in [3.63, 3.8) is 0 Å². The first-order valence-corrected chi connectivity index (χ1v) is 10.8. The highest BCUT2D eigenvalue weighted by atomic mass is 16.5. The van der Waals surface area contributed by atoms with Crippen LogP contribution in [0.1, 0.15) is 49.7 Å². The standard InChI is InChI=1S/C23H32N2O3/c1-18-4-6-19(7-5-18)15-22(27)24-12-10-23(11-13-24)9-8-21(26)25(17-23)16-20-3-2-14-28-20/h4-7,20H,2-3,8-17H2,1H3/t20-/m1/s1. The second-order valence-corrected chi connectivity index (χ2v) is 8.95. The minimum Gasteiger partial charge on any atom is -0.376 e. The lowest BCUT2D eigenvalue weighted by Crippen LogP contribution is -2.53. The SMILES string of the molecule is Cc1ccc(CC(=O)N2CCC3(CCC(=O)N(C[C@H]4CCCO4)C3)CC2)cc1. The van der Waals surface area contributed by atoms with E-state index in [1.807, 2.05) is 21.9 Å². The van der Waals surface area contributed by atoms with Crippen LogP contribution >= 0.6 is 0 Å². The largest absolute Gasteiger partial charge is 0.376 e. The van der Waals surface area contributed by atoms with Gasteiger partial charge in [0.25, 0.3) is 0 Å². The minimum atomic E-state index is 0.188. The molecule has 0 unspecified atom stereocenters. The maximum Gasteiger partial charge on any atom is 0.226 e. The smallest absolute Gasteiger partial charge is 0.226 e. The van der Waals surface area contributed by atoms with Gasteiger partial charge in [0.2, 0.25) is 11.8 Å². The Bertz CT molecular complexity index is 701. The van der Waals surface area contributed by atoms with E-state index in [4.69, 9.17) is 4.74 Å². The molecule has 5 heteroatoms. The average molecular weight is 385 g/mol. The van der Waals surface area contributed by atoms with Gasteiger partial charge in [-0.2, -0.15) is 0 Å². The minimum absolute atomic E-state index is 0.188. The summed E-state index contributed by atoms with van der Waals surface area (Å²) in [4.78, 5) is 29.2. The van der Waals surface area contributed by atoms with E-state index in [0.29, 0.717) is 12.8 Å². The summed E-state index contributed by atoms with van der Waals surface area (Å²) in [5.41, 5.74) is 2.49. The zero-order chi connectivity index (χ0) is 19.6. The van der Waals surface area contributed by atoms with Gasteiger partial charge < -0.3 is 14.5 Å². The van der Waals surface area contributed by atoms with Crippen LogP contribution in [0.5, 0.6) is 0 Å². The van der Waals surface area contributed by atoms with Gasteiger partial charge in [-0.3, -0.25) is 9.59 Å². The van der Waals surface area contributed by atoms with Gasteiger partial charge in [-0.1, -0.05) is 29.8 Å². The summed E-state index contributed by atoms with van der Waals surface area (Å²) >= 11 is 0. The molecule has 0 N–H and O–H groups in total. The molecule has 0 bridgehead atoms. The Morgan fingerprint density at radius 1 is 1.18 bits per heavy atom. The van der Waals surface area contributed by atoms with Crippen LogP contribution in [0.2, 0.25) is 0 Å². The molecule has 152 valence electrons. The van der Waals surface area contributed by atoms with Crippen LogP contribution in [0, 0.1) is 12.3 Å². The molecule has 3 heterocycles. The molecule has 3 fully saturated rings. The van der Waals surface area contributed by atoms with E-state index in [1.54, 1.807) is 0 Å². The predicted molar refractivity (Wildman–Crippen MR) is 108 cm³/mol. The van der Waals surface area contributed by atoms with Crippen LogP contribution in [0.3, 0.4) is 0 Å². The number of aryl methyl sites for hydroxylation is 1. The van der Waals surface area contributed by atoms with Crippen molar-refractivity contribution in [2.45, 2.75) is 58.0 Å². The molecular formula is C23H32N2O3. The molecule has 1 atom stereocenters. The first-order valence-electron chi connectivity index (χ1n) is 10.8. The third-order valence-electron chi connectivity index (χ3n) is 6.85. The number of carbonyl (C=O) groups is 2. The van der Waals surface area contributed by atoms with Gasteiger partial charge in [0, 0.05) is 39.2 Å². The van der Waals surface area contributed by atoms with E-state index in [-0.39, 0.29) is 23.3 Å². The molecule has 1 aromatic carbocycles. The number of ether oxygens (including phenoxy) is 1. The van der Waals surface area contributed by atoms with E-state index < -0.39 is 0 Å². The molecule has 3 aliphatic heterocycles. The maximum atomic E-state index is 12.7. The molecule has 3 aliphatic rings. The lowest BCUT2D eigenvalue weighted by molar-refractivity contribution is -0.143. The fraction of sp³-hybridized carbons (Fsp3) is 0.652. The van der Waals surface area contributed by atoms with E-state index in [2.05, 4.69) is 19.1 Å². The van der Waals surface area contributed by atoms with Crippen molar-refractivity contribution < 1.29 is 14.3 Å². The van der Waals surface area contributed by atoms with Crippen LogP contribution in [-0.4, -0.2) is 60.5 Å². The molecule has 0 aromatic heterocycles. The highest BCUT2D eigenvalue weighted by Crippen LogP contribution is 2.40. The normalized spacial score (nSPS) is 24.8. The summed E-state index contributed by atoms with van der Waals surface area (Å²) in [7, 11) is 0. The fourth-order valence-corrected chi connectivity index (χ4v) is 4.93. The van der Waals surface area contributed by atoms with Crippen molar-refractivity contribution in [2.75, 3.05) is 32.8 Å². The van der Waals surface area contributed by atoms with Crippen LogP contribution in [0.25, 0.3) is 0 Å². The zero-order valence-electron chi connectivity index (χ0n) is 17.0. The van der Waals surface area contributed by atoms with Crippen molar-refractivity contribution in [3.05, 3.63) is 35.4 Å². The summed E-state index contributed by atoms with van der Waals surface area (Å²) in [5, 5.41) is 0. The van der Waals surface area contributed by atoms with Crippen molar-refractivity contribution in [2.24, 2.45) is 5.41 Å². The summed E-state index contributed by atoms with van der Waals surface area (Å²) in [6.45, 7) is 6.10. The topological polar surface area (TPSA) is 49.9 Å². The fourth-order valence-electron chi connectivity index (χ4n) is 4.93. The van der Waals surface area contributed by atoms with Crippen LogP contribution < -0.4 is 0 Å². The molecule has 5 nitrogen and oxygen atoms in total. The third kappa shape index (κ3) is 4.40. The summed E-state index contributed by atoms with van der Waals surface area (Å²) in [6.07, 6.45) is 6.49. The van der Waals surface area contributed by atoms with E-state index >= 15 is 0 Å². The number of piperidine rings is 2. The zero-order valence-corrected chi connectivity index (χ0v) is 17.0. The van der Waals surface area contributed by atoms with Gasteiger partial charge in [-0.15, -0.1) is 0 Å². The Labute approximate surface area is 168 Å². The van der Waals surface area contributed by atoms with E-state index in [0.717, 1.165) is 70.5 Å². The molecule has 1 aromatic rings. The summed E-state index contributed by atoms with van der Waals surface area (Å²) in [5.74, 6) is 0.501. The van der Waals surface area contributed by atoms with Gasteiger partial charge in [0.1, 0.15) is 0 Å². The Hall–Kier alpha value is -1.88. The van der Waals surface area contributed by atoms with Crippen molar-refractivity contribution >= 4 is 11.8 Å². The second-order valence-electron chi connectivity index (χ2n) is 8.95. The molecule has 0 radical (unpaired) electrons. The average Bonchev–Trinajstić information content (AvgIpc) is 3.20. The first kappa shape index (κ1) is 19.4. The van der Waals surface area contributed by atoms with Gasteiger partial charge in [0.15, 0.2) is 0 Å². The van der Waals surface area contributed by atoms with Crippen molar-refractivity contribution in [1.29, 1.82) is 0 Å². The molecule has 0 aliphatic carbocycles. The number of likely N-dealkylation sites (tertiary alicyclic amines) is 2. The molecule has 1 spiro atoms. The van der Waals surface area contributed by atoms with Gasteiger partial charge >= 0.3 is 0 Å². The Morgan fingerprint density at radius 3 is 2.61 bits per heavy atom. The van der Waals surface area contributed by atoms with Crippen molar-refractivity contribution in [3.8, 4) is 0 Å². The Morgan fingerprint density at radius 2 is 1.93 bits per heavy atom. The molecule has 2 amide bonds. The summed E-state index contributed by atoms with van der Waals surface area (Å²) < 4.78 is 5.75. The van der Waals surface area contributed by atoms with Gasteiger partial charge in [0.05, 0.1) is 12.5 Å². The van der Waals surface area contributed by atoms with Crippen LogP contribution in [-0.2, 0) is 20.7 Å². The van der Waals surface area contributed by atoms with E-state index in [1.165, 1.54) is 5.56 Å².